The SMILES string of the molecule is O=C(O)c1cc(-c2cccc(Cl)c2)nc2cccc(Br)c12. The van der Waals surface area contributed by atoms with Crippen molar-refractivity contribution in [1.29, 1.82) is 0 Å². The van der Waals surface area contributed by atoms with Gasteiger partial charge in [0.05, 0.1) is 16.8 Å². The number of fused-ring (bicyclic) bond motifs is 1. The lowest BCUT2D eigenvalue weighted by molar-refractivity contribution is 0.0699. The van der Waals surface area contributed by atoms with Crippen molar-refractivity contribution < 1.29 is 9.90 Å². The average molecular weight is 363 g/mol. The van der Waals surface area contributed by atoms with Gasteiger partial charge in [-0.1, -0.05) is 45.7 Å². The predicted molar refractivity (Wildman–Crippen MR) is 86.8 cm³/mol. The maximum absolute atomic E-state index is 11.5. The molecule has 1 N–H and O–H groups in total. The molecule has 0 bridgehead atoms. The number of aromatic carboxylic acids is 1. The topological polar surface area (TPSA) is 50.2 Å². The molecule has 1 aromatic heterocycles. The second-order valence-electron chi connectivity index (χ2n) is 4.50. The third-order valence-corrected chi connectivity index (χ3v) is 4.03. The van der Waals surface area contributed by atoms with Crippen molar-refractivity contribution in [3.63, 3.8) is 0 Å². The Morgan fingerprint density at radius 3 is 2.62 bits per heavy atom. The van der Waals surface area contributed by atoms with Crippen molar-refractivity contribution in [2.24, 2.45) is 0 Å². The summed E-state index contributed by atoms with van der Waals surface area (Å²) in [4.78, 5) is 16.1. The van der Waals surface area contributed by atoms with Crippen LogP contribution in [0, 0.1) is 0 Å². The first kappa shape index (κ1) is 14.0. The quantitative estimate of drug-likeness (QED) is 0.696. The fourth-order valence-corrected chi connectivity index (χ4v) is 2.97. The zero-order valence-electron chi connectivity index (χ0n) is 10.7. The summed E-state index contributed by atoms with van der Waals surface area (Å²) in [7, 11) is 0. The molecule has 0 aliphatic rings. The first-order valence-electron chi connectivity index (χ1n) is 6.15. The maximum atomic E-state index is 11.5. The molecule has 0 aliphatic heterocycles. The standard InChI is InChI=1S/C16H9BrClNO2/c17-12-5-2-6-13-15(12)11(16(20)21)8-14(19-13)9-3-1-4-10(18)7-9/h1-8H,(H,20,21). The minimum absolute atomic E-state index is 0.211. The van der Waals surface area contributed by atoms with Gasteiger partial charge in [0.2, 0.25) is 0 Å². The summed E-state index contributed by atoms with van der Waals surface area (Å²) in [6.07, 6.45) is 0. The Labute approximate surface area is 134 Å². The summed E-state index contributed by atoms with van der Waals surface area (Å²) in [5.41, 5.74) is 2.20. The number of carboxylic acid groups (broad SMARTS) is 1. The van der Waals surface area contributed by atoms with Gasteiger partial charge in [0.25, 0.3) is 0 Å². The Morgan fingerprint density at radius 2 is 1.90 bits per heavy atom. The largest absolute Gasteiger partial charge is 0.478 e. The second kappa shape index (κ2) is 5.47. The zero-order chi connectivity index (χ0) is 15.0. The van der Waals surface area contributed by atoms with E-state index < -0.39 is 5.97 Å². The Morgan fingerprint density at radius 1 is 1.14 bits per heavy atom. The third-order valence-electron chi connectivity index (χ3n) is 3.13. The molecule has 21 heavy (non-hydrogen) atoms. The molecule has 0 spiro atoms. The van der Waals surface area contributed by atoms with E-state index in [9.17, 15) is 9.90 Å². The summed E-state index contributed by atoms with van der Waals surface area (Å²) in [6, 6.07) is 14.2. The normalized spacial score (nSPS) is 10.8. The molecule has 0 radical (unpaired) electrons. The van der Waals surface area contributed by atoms with Crippen LogP contribution in [-0.2, 0) is 0 Å². The monoisotopic (exact) mass is 361 g/mol. The van der Waals surface area contributed by atoms with Crippen molar-refractivity contribution in [3.8, 4) is 11.3 Å². The number of pyridine rings is 1. The minimum Gasteiger partial charge on any atom is -0.478 e. The van der Waals surface area contributed by atoms with Crippen molar-refractivity contribution in [3.05, 3.63) is 63.6 Å². The van der Waals surface area contributed by atoms with E-state index in [1.807, 2.05) is 18.2 Å². The Bertz CT molecular complexity index is 864. The van der Waals surface area contributed by atoms with Gasteiger partial charge in [-0.25, -0.2) is 9.78 Å². The third kappa shape index (κ3) is 2.64. The van der Waals surface area contributed by atoms with E-state index in [0.717, 1.165) is 5.56 Å². The smallest absolute Gasteiger partial charge is 0.336 e. The second-order valence-corrected chi connectivity index (χ2v) is 5.80. The number of rotatable bonds is 2. The summed E-state index contributed by atoms with van der Waals surface area (Å²) in [6.45, 7) is 0. The van der Waals surface area contributed by atoms with Crippen LogP contribution in [-0.4, -0.2) is 16.1 Å². The van der Waals surface area contributed by atoms with E-state index in [1.54, 1.807) is 30.3 Å². The lowest BCUT2D eigenvalue weighted by Gasteiger charge is -2.08. The fraction of sp³-hybridized carbons (Fsp3) is 0. The van der Waals surface area contributed by atoms with Gasteiger partial charge in [-0.15, -0.1) is 0 Å². The van der Waals surface area contributed by atoms with Crippen molar-refractivity contribution in [2.75, 3.05) is 0 Å². The zero-order valence-corrected chi connectivity index (χ0v) is 13.0. The van der Waals surface area contributed by atoms with Crippen LogP contribution in [0.4, 0.5) is 0 Å². The highest BCUT2D eigenvalue weighted by molar-refractivity contribution is 9.10. The lowest BCUT2D eigenvalue weighted by Crippen LogP contribution is -2.00. The van der Waals surface area contributed by atoms with Gasteiger partial charge in [-0.05, 0) is 30.3 Å². The van der Waals surface area contributed by atoms with Gasteiger partial charge in [0, 0.05) is 20.4 Å². The molecule has 5 heteroatoms. The number of aromatic nitrogens is 1. The van der Waals surface area contributed by atoms with Crippen molar-refractivity contribution in [1.82, 2.24) is 4.98 Å². The summed E-state index contributed by atoms with van der Waals surface area (Å²) < 4.78 is 0.711. The van der Waals surface area contributed by atoms with E-state index in [4.69, 9.17) is 11.6 Å². The van der Waals surface area contributed by atoms with Crippen molar-refractivity contribution >= 4 is 44.4 Å². The molecule has 1 heterocycles. The molecule has 0 atom stereocenters. The van der Waals surface area contributed by atoms with Crippen LogP contribution in [0.1, 0.15) is 10.4 Å². The minimum atomic E-state index is -0.988. The van der Waals surface area contributed by atoms with Crippen LogP contribution >= 0.6 is 27.5 Å². The number of benzene rings is 2. The molecule has 104 valence electrons. The van der Waals surface area contributed by atoms with E-state index in [2.05, 4.69) is 20.9 Å². The van der Waals surface area contributed by atoms with Gasteiger partial charge in [-0.3, -0.25) is 0 Å². The van der Waals surface area contributed by atoms with Gasteiger partial charge in [0.15, 0.2) is 0 Å². The van der Waals surface area contributed by atoms with E-state index in [1.165, 1.54) is 0 Å². The average Bonchev–Trinajstić information content (AvgIpc) is 2.46. The molecule has 3 nitrogen and oxygen atoms in total. The molecular formula is C16H9BrClNO2. The van der Waals surface area contributed by atoms with Crippen LogP contribution < -0.4 is 0 Å². The first-order valence-corrected chi connectivity index (χ1v) is 7.32. The lowest BCUT2D eigenvalue weighted by atomic mass is 10.0. The fourth-order valence-electron chi connectivity index (χ4n) is 2.21. The number of halogens is 2. The van der Waals surface area contributed by atoms with Crippen LogP contribution in [0.2, 0.25) is 5.02 Å². The Hall–Kier alpha value is -1.91. The predicted octanol–water partition coefficient (Wildman–Crippen LogP) is 5.02. The van der Waals surface area contributed by atoms with E-state index in [0.29, 0.717) is 26.1 Å². The molecule has 0 unspecified atom stereocenters. The molecule has 0 aliphatic carbocycles. The number of carbonyl (C=O) groups is 1. The molecule has 0 amide bonds. The summed E-state index contributed by atoms with van der Waals surface area (Å²) in [5.74, 6) is -0.988. The number of carboxylic acids is 1. The first-order chi connectivity index (χ1) is 10.1. The van der Waals surface area contributed by atoms with Gasteiger partial charge in [-0.2, -0.15) is 0 Å². The Balaban J connectivity index is 2.34. The van der Waals surface area contributed by atoms with Crippen molar-refractivity contribution in [2.45, 2.75) is 0 Å². The molecular weight excluding hydrogens is 354 g/mol. The molecule has 0 fully saturated rings. The number of hydrogen-bond donors (Lipinski definition) is 1. The Kier molecular flexibility index (Phi) is 3.66. The van der Waals surface area contributed by atoms with Gasteiger partial charge >= 0.3 is 5.97 Å². The van der Waals surface area contributed by atoms with E-state index in [-0.39, 0.29) is 5.56 Å². The summed E-state index contributed by atoms with van der Waals surface area (Å²) >= 11 is 9.37. The van der Waals surface area contributed by atoms with Crippen LogP contribution in [0.5, 0.6) is 0 Å². The highest BCUT2D eigenvalue weighted by Gasteiger charge is 2.15. The molecule has 3 aromatic rings. The highest BCUT2D eigenvalue weighted by Crippen LogP contribution is 2.30. The van der Waals surface area contributed by atoms with Crippen LogP contribution in [0.25, 0.3) is 22.2 Å². The molecule has 2 aromatic carbocycles. The van der Waals surface area contributed by atoms with E-state index >= 15 is 0 Å². The van der Waals surface area contributed by atoms with Crippen LogP contribution in [0.3, 0.4) is 0 Å². The van der Waals surface area contributed by atoms with Crippen LogP contribution in [0.15, 0.2) is 53.0 Å². The molecule has 0 saturated carbocycles. The number of nitrogens with zero attached hydrogens (tertiary/aromatic N) is 1. The molecule has 0 saturated heterocycles. The van der Waals surface area contributed by atoms with Gasteiger partial charge in [0.1, 0.15) is 0 Å². The van der Waals surface area contributed by atoms with Gasteiger partial charge < -0.3 is 5.11 Å². The number of hydrogen-bond acceptors (Lipinski definition) is 2. The molecule has 3 rings (SSSR count). The summed E-state index contributed by atoms with van der Waals surface area (Å²) in [5, 5.41) is 10.6. The highest BCUT2D eigenvalue weighted by atomic mass is 79.9. The maximum Gasteiger partial charge on any atom is 0.336 e.